The molecular formula is C7H16Zn. The molecule has 8 heavy (non-hydrogen) atoms. The average molecular weight is 166 g/mol. The molecule has 46 valence electrons. The van der Waals surface area contributed by atoms with Crippen molar-refractivity contribution in [3.63, 3.8) is 0 Å². The molecule has 0 aromatic heterocycles. The van der Waals surface area contributed by atoms with Gasteiger partial charge in [0.2, 0.25) is 0 Å². The Morgan fingerprint density at radius 1 is 1.00 bits per heavy atom. The van der Waals surface area contributed by atoms with Crippen LogP contribution in [0.3, 0.4) is 0 Å². The van der Waals surface area contributed by atoms with Crippen molar-refractivity contribution in [1.29, 1.82) is 0 Å². The molecule has 0 nitrogen and oxygen atoms in total. The molecular weight excluding hydrogens is 149 g/mol. The van der Waals surface area contributed by atoms with Crippen LogP contribution < -0.4 is 0 Å². The van der Waals surface area contributed by atoms with Crippen LogP contribution in [0.25, 0.3) is 0 Å². The Bertz CT molecular complexity index is 19.9. The Morgan fingerprint density at radius 2 is 1.00 bits per heavy atom. The van der Waals surface area contributed by atoms with Crippen molar-refractivity contribution >= 4 is 0 Å². The second-order valence-corrected chi connectivity index (χ2v) is 2.56. The smallest absolute Gasteiger partial charge is 0.346 e. The van der Waals surface area contributed by atoms with E-state index in [2.05, 4.69) is 34.6 Å². The first kappa shape index (κ1) is 15.8. The molecule has 0 aliphatic carbocycles. The van der Waals surface area contributed by atoms with Gasteiger partial charge in [0.05, 0.1) is 0 Å². The summed E-state index contributed by atoms with van der Waals surface area (Å²) in [6.07, 6.45) is 0. The minimum absolute atomic E-state index is 0. The summed E-state index contributed by atoms with van der Waals surface area (Å²) in [5.74, 6) is 0. The molecule has 0 N–H and O–H groups in total. The van der Waals surface area contributed by atoms with E-state index >= 15 is 0 Å². The molecule has 0 bridgehead atoms. The summed E-state index contributed by atoms with van der Waals surface area (Å²) >= 11 is 0. The molecule has 0 heterocycles. The molecule has 0 amide bonds. The van der Waals surface area contributed by atoms with Gasteiger partial charge in [-0.15, -0.1) is 0 Å². The first-order valence-corrected chi connectivity index (χ1v) is 2.56. The Balaban J connectivity index is -0.0000000750. The van der Waals surface area contributed by atoms with Crippen LogP contribution in [0, 0.1) is 19.3 Å². The molecule has 0 unspecified atom stereocenters. The van der Waals surface area contributed by atoms with E-state index < -0.39 is 0 Å². The normalized spacial score (nSPS) is 8.25. The van der Waals surface area contributed by atoms with E-state index in [0.29, 0.717) is 0 Å². The number of rotatable bonds is 0. The third kappa shape index (κ3) is 539. The van der Waals surface area contributed by atoms with Crippen LogP contribution in [-0.4, -0.2) is 0 Å². The predicted molar refractivity (Wildman–Crippen MR) is 35.8 cm³/mol. The summed E-state index contributed by atoms with van der Waals surface area (Å²) < 4.78 is 0. The minimum atomic E-state index is 0. The molecule has 0 spiro atoms. The number of hydrogen-bond acceptors (Lipinski definition) is 0. The van der Waals surface area contributed by atoms with Crippen LogP contribution >= 0.6 is 0 Å². The van der Waals surface area contributed by atoms with Crippen molar-refractivity contribution in [3.8, 4) is 0 Å². The molecule has 0 saturated heterocycles. The van der Waals surface area contributed by atoms with Gasteiger partial charge in [-0.1, -0.05) is 20.8 Å². The second kappa shape index (κ2) is 7.62. The van der Waals surface area contributed by atoms with E-state index in [9.17, 15) is 0 Å². The van der Waals surface area contributed by atoms with Gasteiger partial charge in [0.15, 0.2) is 0 Å². The minimum Gasteiger partial charge on any atom is -0.346 e. The standard InChI is InChI=1S/C5H11.C2H5.Zn/c1-5(2,3)4;1-2;/h1H2,2-4H3;1H2,2H3;/q2*-1;+2. The molecule has 0 aromatic carbocycles. The number of hydrogen-bond donors (Lipinski definition) is 0. The van der Waals surface area contributed by atoms with Crippen LogP contribution in [0.1, 0.15) is 27.7 Å². The second-order valence-electron chi connectivity index (χ2n) is 2.56. The van der Waals surface area contributed by atoms with Crippen molar-refractivity contribution in [3.05, 3.63) is 13.8 Å². The first-order chi connectivity index (χ1) is 3.00. The summed E-state index contributed by atoms with van der Waals surface area (Å²) in [6.45, 7) is 15.0. The summed E-state index contributed by atoms with van der Waals surface area (Å²) in [6, 6.07) is 0. The van der Waals surface area contributed by atoms with Gasteiger partial charge in [-0.25, -0.2) is 0 Å². The first-order valence-electron chi connectivity index (χ1n) is 2.56. The molecule has 0 aliphatic rings. The van der Waals surface area contributed by atoms with Crippen LogP contribution in [0.2, 0.25) is 0 Å². The fraction of sp³-hybridized carbons (Fsp3) is 0.714. The molecule has 0 fully saturated rings. The Kier molecular flexibility index (Phi) is 15.1. The summed E-state index contributed by atoms with van der Waals surface area (Å²) in [4.78, 5) is 0. The van der Waals surface area contributed by atoms with E-state index in [1.54, 1.807) is 6.92 Å². The predicted octanol–water partition coefficient (Wildman–Crippen LogP) is 2.70. The largest absolute Gasteiger partial charge is 2.00 e. The van der Waals surface area contributed by atoms with Crippen molar-refractivity contribution in [2.45, 2.75) is 27.7 Å². The summed E-state index contributed by atoms with van der Waals surface area (Å²) in [5.41, 5.74) is 0.250. The summed E-state index contributed by atoms with van der Waals surface area (Å²) in [7, 11) is 0. The van der Waals surface area contributed by atoms with Crippen LogP contribution in [0.15, 0.2) is 0 Å². The molecule has 0 atom stereocenters. The molecule has 0 aromatic rings. The van der Waals surface area contributed by atoms with Gasteiger partial charge >= 0.3 is 19.5 Å². The van der Waals surface area contributed by atoms with E-state index in [-0.39, 0.29) is 24.9 Å². The molecule has 1 heteroatoms. The summed E-state index contributed by atoms with van der Waals surface area (Å²) in [5, 5.41) is 0. The zero-order valence-electron chi connectivity index (χ0n) is 6.62. The maximum Gasteiger partial charge on any atom is 2.00 e. The Morgan fingerprint density at radius 3 is 1.00 bits per heavy atom. The Labute approximate surface area is 66.8 Å². The van der Waals surface area contributed by atoms with Gasteiger partial charge in [0.25, 0.3) is 0 Å². The van der Waals surface area contributed by atoms with E-state index in [0.717, 1.165) is 0 Å². The average Bonchev–Trinajstić information content (AvgIpc) is 1.36. The zero-order chi connectivity index (χ0) is 6.50. The molecule has 0 radical (unpaired) electrons. The van der Waals surface area contributed by atoms with Crippen LogP contribution in [-0.2, 0) is 19.5 Å². The van der Waals surface area contributed by atoms with Gasteiger partial charge in [-0.2, -0.15) is 12.3 Å². The van der Waals surface area contributed by atoms with Gasteiger partial charge in [-0.05, 0) is 0 Å². The van der Waals surface area contributed by atoms with Gasteiger partial charge < -0.3 is 13.8 Å². The molecule has 0 saturated carbocycles. The Hall–Kier alpha value is 0.623. The maximum absolute atomic E-state index is 3.77. The van der Waals surface area contributed by atoms with Gasteiger partial charge in [0, 0.05) is 0 Å². The quantitative estimate of drug-likeness (QED) is 0.383. The van der Waals surface area contributed by atoms with Crippen molar-refractivity contribution in [2.75, 3.05) is 0 Å². The van der Waals surface area contributed by atoms with Gasteiger partial charge in [0.1, 0.15) is 0 Å². The zero-order valence-corrected chi connectivity index (χ0v) is 9.59. The maximum atomic E-state index is 3.77. The monoisotopic (exact) mass is 164 g/mol. The van der Waals surface area contributed by atoms with Crippen molar-refractivity contribution in [2.24, 2.45) is 5.41 Å². The van der Waals surface area contributed by atoms with Crippen molar-refractivity contribution < 1.29 is 19.5 Å². The van der Waals surface area contributed by atoms with Gasteiger partial charge in [-0.3, -0.25) is 0 Å². The third-order valence-corrected chi connectivity index (χ3v) is 0. The van der Waals surface area contributed by atoms with Crippen LogP contribution in [0.4, 0.5) is 0 Å². The topological polar surface area (TPSA) is 0 Å². The van der Waals surface area contributed by atoms with Crippen molar-refractivity contribution in [1.82, 2.24) is 0 Å². The molecule has 0 rings (SSSR count). The van der Waals surface area contributed by atoms with E-state index in [1.807, 2.05) is 0 Å². The van der Waals surface area contributed by atoms with E-state index in [4.69, 9.17) is 0 Å². The van der Waals surface area contributed by atoms with E-state index in [1.165, 1.54) is 0 Å². The van der Waals surface area contributed by atoms with Crippen LogP contribution in [0.5, 0.6) is 0 Å². The fourth-order valence-corrected chi connectivity index (χ4v) is 0. The fourth-order valence-electron chi connectivity index (χ4n) is 0. The molecule has 0 aliphatic heterocycles. The third-order valence-electron chi connectivity index (χ3n) is 0. The SMILES string of the molecule is [CH2-]C.[CH2-]C(C)(C)C.[Zn+2].